The van der Waals surface area contributed by atoms with Gasteiger partial charge in [0.15, 0.2) is 6.61 Å². The first kappa shape index (κ1) is 20.6. The smallest absolute Gasteiger partial charge is 0.257 e. The number of benzene rings is 1. The van der Waals surface area contributed by atoms with Crippen molar-refractivity contribution in [2.45, 2.75) is 18.2 Å². The molecule has 0 spiro atoms. The van der Waals surface area contributed by atoms with Crippen LogP contribution in [0, 0.1) is 0 Å². The van der Waals surface area contributed by atoms with Crippen molar-refractivity contribution in [2.24, 2.45) is 0 Å². The van der Waals surface area contributed by atoms with Gasteiger partial charge in [0.1, 0.15) is 5.75 Å². The highest BCUT2D eigenvalue weighted by Gasteiger charge is 2.13. The van der Waals surface area contributed by atoms with Gasteiger partial charge in [-0.3, -0.25) is 9.69 Å². The van der Waals surface area contributed by atoms with E-state index in [0.29, 0.717) is 18.8 Å². The molecule has 1 fully saturated rings. The van der Waals surface area contributed by atoms with E-state index < -0.39 is 10.0 Å². The lowest BCUT2D eigenvalue weighted by Crippen LogP contribution is -2.42. The van der Waals surface area contributed by atoms with Crippen molar-refractivity contribution >= 4 is 15.9 Å². The number of sulfonamides is 1. The molecule has 1 aliphatic heterocycles. The second kappa shape index (κ2) is 10.5. The number of morpholine rings is 1. The average Bonchev–Trinajstić information content (AvgIpc) is 2.66. The van der Waals surface area contributed by atoms with Crippen molar-refractivity contribution in [2.75, 3.05) is 52.5 Å². The van der Waals surface area contributed by atoms with Crippen molar-refractivity contribution in [3.05, 3.63) is 24.3 Å². The molecule has 0 bridgehead atoms. The number of hydrogen-bond acceptors (Lipinski definition) is 6. The molecular formula is C17H27N3O5S. The molecule has 1 saturated heterocycles. The minimum Gasteiger partial charge on any atom is -0.484 e. The minimum atomic E-state index is -3.49. The molecule has 1 aromatic rings. The Kier molecular flexibility index (Phi) is 8.30. The van der Waals surface area contributed by atoms with Crippen molar-refractivity contribution in [3.63, 3.8) is 0 Å². The molecule has 0 aromatic heterocycles. The van der Waals surface area contributed by atoms with Crippen LogP contribution in [0.1, 0.15) is 13.3 Å². The van der Waals surface area contributed by atoms with E-state index >= 15 is 0 Å². The van der Waals surface area contributed by atoms with E-state index in [1.807, 2.05) is 6.92 Å². The number of carbonyl (C=O) groups excluding carboxylic acids is 1. The molecule has 1 aromatic carbocycles. The normalized spacial score (nSPS) is 15.6. The Labute approximate surface area is 154 Å². The summed E-state index contributed by atoms with van der Waals surface area (Å²) in [7, 11) is -3.49. The van der Waals surface area contributed by atoms with E-state index in [4.69, 9.17) is 9.47 Å². The SMILES string of the molecule is CCCNS(=O)(=O)c1ccc(OCC(=O)NCCN2CCOCC2)cc1. The molecule has 0 radical (unpaired) electrons. The molecule has 8 nitrogen and oxygen atoms in total. The fourth-order valence-corrected chi connectivity index (χ4v) is 3.55. The summed E-state index contributed by atoms with van der Waals surface area (Å²) in [6.45, 7) is 6.76. The zero-order valence-electron chi connectivity index (χ0n) is 15.1. The summed E-state index contributed by atoms with van der Waals surface area (Å²) in [6, 6.07) is 6.01. The van der Waals surface area contributed by atoms with Gasteiger partial charge in [0.2, 0.25) is 10.0 Å². The van der Waals surface area contributed by atoms with Gasteiger partial charge in [0.25, 0.3) is 5.91 Å². The van der Waals surface area contributed by atoms with Crippen molar-refractivity contribution in [1.82, 2.24) is 14.9 Å². The first-order valence-electron chi connectivity index (χ1n) is 8.80. The van der Waals surface area contributed by atoms with Gasteiger partial charge in [-0.05, 0) is 30.7 Å². The van der Waals surface area contributed by atoms with Gasteiger partial charge in [-0.15, -0.1) is 0 Å². The Hall–Kier alpha value is -1.68. The molecule has 1 heterocycles. The van der Waals surface area contributed by atoms with Gasteiger partial charge in [-0.2, -0.15) is 0 Å². The van der Waals surface area contributed by atoms with Gasteiger partial charge in [-0.25, -0.2) is 13.1 Å². The second-order valence-electron chi connectivity index (χ2n) is 5.96. The lowest BCUT2D eigenvalue weighted by atomic mass is 10.3. The standard InChI is InChI=1S/C17H27N3O5S/c1-2-7-19-26(22,23)16-5-3-15(4-6-16)25-14-17(21)18-8-9-20-10-12-24-13-11-20/h3-6,19H,2,7-14H2,1H3,(H,18,21). The number of hydrogen-bond donors (Lipinski definition) is 2. The Morgan fingerprint density at radius 2 is 1.88 bits per heavy atom. The molecule has 0 atom stereocenters. The third-order valence-corrected chi connectivity index (χ3v) is 5.38. The van der Waals surface area contributed by atoms with Crippen LogP contribution in [0.5, 0.6) is 5.75 Å². The lowest BCUT2D eigenvalue weighted by molar-refractivity contribution is -0.123. The largest absolute Gasteiger partial charge is 0.484 e. The monoisotopic (exact) mass is 385 g/mol. The maximum absolute atomic E-state index is 12.0. The number of carbonyl (C=O) groups is 1. The Morgan fingerprint density at radius 3 is 2.54 bits per heavy atom. The van der Waals surface area contributed by atoms with E-state index in [0.717, 1.165) is 39.3 Å². The summed E-state index contributed by atoms with van der Waals surface area (Å²) in [5.74, 6) is 0.238. The van der Waals surface area contributed by atoms with Crippen LogP contribution >= 0.6 is 0 Å². The molecule has 146 valence electrons. The third-order valence-electron chi connectivity index (χ3n) is 3.90. The highest BCUT2D eigenvalue weighted by molar-refractivity contribution is 7.89. The predicted molar refractivity (Wildman–Crippen MR) is 97.7 cm³/mol. The maximum Gasteiger partial charge on any atom is 0.257 e. The van der Waals surface area contributed by atoms with Crippen LogP contribution in [0.3, 0.4) is 0 Å². The summed E-state index contributed by atoms with van der Waals surface area (Å²) in [4.78, 5) is 14.2. The summed E-state index contributed by atoms with van der Waals surface area (Å²) in [5.41, 5.74) is 0. The van der Waals surface area contributed by atoms with E-state index in [-0.39, 0.29) is 17.4 Å². The van der Waals surface area contributed by atoms with E-state index in [1.165, 1.54) is 12.1 Å². The highest BCUT2D eigenvalue weighted by Crippen LogP contribution is 2.15. The summed E-state index contributed by atoms with van der Waals surface area (Å²) >= 11 is 0. The molecule has 0 saturated carbocycles. The van der Waals surface area contributed by atoms with Crippen LogP contribution in [-0.4, -0.2) is 71.8 Å². The first-order valence-corrected chi connectivity index (χ1v) is 10.3. The quantitative estimate of drug-likeness (QED) is 0.597. The third kappa shape index (κ3) is 6.91. The van der Waals surface area contributed by atoms with E-state index in [1.54, 1.807) is 12.1 Å². The van der Waals surface area contributed by atoms with Crippen molar-refractivity contribution in [3.8, 4) is 5.75 Å². The van der Waals surface area contributed by atoms with Crippen LogP contribution in [0.4, 0.5) is 0 Å². The van der Waals surface area contributed by atoms with Crippen LogP contribution in [0.25, 0.3) is 0 Å². The molecule has 2 N–H and O–H groups in total. The molecule has 1 amide bonds. The van der Waals surface area contributed by atoms with Crippen LogP contribution in [-0.2, 0) is 19.6 Å². The second-order valence-corrected chi connectivity index (χ2v) is 7.73. The summed E-state index contributed by atoms with van der Waals surface area (Å²) in [5, 5.41) is 2.81. The zero-order valence-corrected chi connectivity index (χ0v) is 15.9. The fourth-order valence-electron chi connectivity index (χ4n) is 2.41. The number of ether oxygens (including phenoxy) is 2. The van der Waals surface area contributed by atoms with Crippen molar-refractivity contribution < 1.29 is 22.7 Å². The molecular weight excluding hydrogens is 358 g/mol. The van der Waals surface area contributed by atoms with Crippen molar-refractivity contribution in [1.29, 1.82) is 0 Å². The zero-order chi connectivity index (χ0) is 18.8. The average molecular weight is 385 g/mol. The Balaban J connectivity index is 1.70. The number of nitrogens with one attached hydrogen (secondary N) is 2. The van der Waals surface area contributed by atoms with Crippen LogP contribution in [0.15, 0.2) is 29.2 Å². The number of rotatable bonds is 10. The molecule has 1 aliphatic rings. The highest BCUT2D eigenvalue weighted by atomic mass is 32.2. The molecule has 2 rings (SSSR count). The van der Waals surface area contributed by atoms with Gasteiger partial charge in [-0.1, -0.05) is 6.92 Å². The van der Waals surface area contributed by atoms with Gasteiger partial charge >= 0.3 is 0 Å². The number of nitrogens with zero attached hydrogens (tertiary/aromatic N) is 1. The molecule has 26 heavy (non-hydrogen) atoms. The molecule has 0 aliphatic carbocycles. The maximum atomic E-state index is 12.0. The number of amides is 1. The molecule has 9 heteroatoms. The van der Waals surface area contributed by atoms with E-state index in [2.05, 4.69) is 14.9 Å². The van der Waals surface area contributed by atoms with Gasteiger partial charge in [0.05, 0.1) is 18.1 Å². The van der Waals surface area contributed by atoms with Crippen LogP contribution < -0.4 is 14.8 Å². The van der Waals surface area contributed by atoms with E-state index in [9.17, 15) is 13.2 Å². The predicted octanol–water partition coefficient (Wildman–Crippen LogP) is 0.202. The summed E-state index contributed by atoms with van der Waals surface area (Å²) < 4.78 is 37.1. The topological polar surface area (TPSA) is 97.0 Å². The Morgan fingerprint density at radius 1 is 1.19 bits per heavy atom. The lowest BCUT2D eigenvalue weighted by Gasteiger charge is -2.26. The molecule has 0 unspecified atom stereocenters. The Bertz CT molecular complexity index is 657. The summed E-state index contributed by atoms with van der Waals surface area (Å²) in [6.07, 6.45) is 0.723. The van der Waals surface area contributed by atoms with Gasteiger partial charge in [0, 0.05) is 32.7 Å². The minimum absolute atomic E-state index is 0.108. The van der Waals surface area contributed by atoms with Gasteiger partial charge < -0.3 is 14.8 Å². The van der Waals surface area contributed by atoms with Crippen LogP contribution in [0.2, 0.25) is 0 Å². The first-order chi connectivity index (χ1) is 12.5. The fraction of sp³-hybridized carbons (Fsp3) is 0.588.